The Balaban J connectivity index is 0.630. The Morgan fingerprint density at radius 3 is 2.15 bits per heavy atom. The average Bonchev–Trinajstić information content (AvgIpc) is 1.53. The molecule has 8 amide bonds. The van der Waals surface area contributed by atoms with Crippen molar-refractivity contribution in [3.63, 3.8) is 0 Å². The number of hydrogen-bond donors (Lipinski definition) is 12. The Hall–Kier alpha value is -10.4. The topological polar surface area (TPSA) is 433 Å². The molecule has 4 aliphatic heterocycles. The summed E-state index contributed by atoms with van der Waals surface area (Å²) in [6.07, 6.45) is -9.23. The van der Waals surface area contributed by atoms with Crippen molar-refractivity contribution >= 4 is 64.3 Å². The first-order chi connectivity index (χ1) is 48.1. The number of carbonyl (C=O) groups is 9. The third-order valence-corrected chi connectivity index (χ3v) is 18.8. The molecule has 0 unspecified atom stereocenters. The van der Waals surface area contributed by atoms with Crippen LogP contribution in [-0.2, 0) is 88.9 Å². The van der Waals surface area contributed by atoms with Gasteiger partial charge in [0.15, 0.2) is 23.2 Å². The highest BCUT2D eigenvalue weighted by molar-refractivity contribution is 5.97. The number of nitrogens with one attached hydrogen (secondary N) is 7. The van der Waals surface area contributed by atoms with E-state index in [1.165, 1.54) is 11.6 Å². The van der Waals surface area contributed by atoms with Crippen molar-refractivity contribution in [3.05, 3.63) is 146 Å². The number of amides is 8. The van der Waals surface area contributed by atoms with E-state index >= 15 is 0 Å². The summed E-state index contributed by atoms with van der Waals surface area (Å²) in [7, 11) is 1.28. The predicted octanol–water partition coefficient (Wildman–Crippen LogP) is -0.976. The summed E-state index contributed by atoms with van der Waals surface area (Å²) in [6.45, 7) is -2.69. The summed E-state index contributed by atoms with van der Waals surface area (Å²) in [5, 5.41) is 70.6. The molecule has 31 heteroatoms. The zero-order valence-corrected chi connectivity index (χ0v) is 54.3. The van der Waals surface area contributed by atoms with Crippen LogP contribution in [0.1, 0.15) is 89.3 Å². The van der Waals surface area contributed by atoms with Gasteiger partial charge < -0.3 is 95.7 Å². The molecule has 31 nitrogen and oxygen atoms in total. The first-order valence-electron chi connectivity index (χ1n) is 32.6. The maximum Gasteiger partial charge on any atom is 0.411 e. The average molecular weight is 1380 g/mol. The Bertz CT molecular complexity index is 4260. The number of nitrogens with zero attached hydrogens (tertiary/aromatic N) is 3. The lowest BCUT2D eigenvalue weighted by Crippen LogP contribution is -2.60. The molecular weight excluding hydrogens is 1300 g/mol. The van der Waals surface area contributed by atoms with Crippen LogP contribution in [0.15, 0.2) is 95.8 Å². The summed E-state index contributed by atoms with van der Waals surface area (Å²) in [5.41, 5.74) is 4.95. The van der Waals surface area contributed by atoms with E-state index in [0.717, 1.165) is 27.0 Å². The minimum Gasteiger partial charge on any atom is -0.458 e. The summed E-state index contributed by atoms with van der Waals surface area (Å²) in [4.78, 5) is 142. The lowest BCUT2D eigenvalue weighted by Gasteiger charge is -2.40. The van der Waals surface area contributed by atoms with Gasteiger partial charge in [0.25, 0.3) is 5.56 Å². The molecule has 6 aromatic rings. The van der Waals surface area contributed by atoms with Gasteiger partial charge in [-0.05, 0) is 54.0 Å². The van der Waals surface area contributed by atoms with Gasteiger partial charge in [-0.25, -0.2) is 14.6 Å². The number of aliphatic hydroxyl groups excluding tert-OH is 4. The van der Waals surface area contributed by atoms with Crippen LogP contribution in [0.5, 0.6) is 11.5 Å². The number of cyclic esters (lactones) is 1. The Morgan fingerprint density at radius 2 is 1.43 bits per heavy atom. The molecule has 12 rings (SSSR count). The fraction of sp³-hybridized carbons (Fsp3) is 0.406. The van der Waals surface area contributed by atoms with Crippen molar-refractivity contribution in [1.82, 2.24) is 51.7 Å². The van der Waals surface area contributed by atoms with Crippen LogP contribution in [-0.4, -0.2) is 196 Å². The third-order valence-electron chi connectivity index (χ3n) is 18.8. The van der Waals surface area contributed by atoms with E-state index in [9.17, 15) is 73.5 Å². The van der Waals surface area contributed by atoms with Crippen LogP contribution in [0.3, 0.4) is 0 Å². The second kappa shape index (κ2) is 29.6. The number of likely N-dealkylation sites (N-methyl/N-ethyl adjacent to an activating group) is 1. The normalized spacial score (nSPS) is 20.9. The van der Waals surface area contributed by atoms with E-state index in [4.69, 9.17) is 33.4 Å². The first-order valence-corrected chi connectivity index (χ1v) is 32.6. The molecule has 0 bridgehead atoms. The summed E-state index contributed by atoms with van der Waals surface area (Å²) in [5.74, 6) is -5.16. The molecule has 2 aliphatic carbocycles. The number of pyridine rings is 2. The van der Waals surface area contributed by atoms with Crippen molar-refractivity contribution in [1.29, 1.82) is 0 Å². The van der Waals surface area contributed by atoms with E-state index in [1.807, 2.05) is 24.3 Å². The minimum absolute atomic E-state index is 0.00373. The van der Waals surface area contributed by atoms with Crippen LogP contribution in [0.25, 0.3) is 33.4 Å². The molecule has 6 aliphatic rings. The van der Waals surface area contributed by atoms with Gasteiger partial charge in [-0.3, -0.25) is 43.3 Å². The second-order valence-corrected chi connectivity index (χ2v) is 25.0. The molecule has 12 N–H and O–H groups in total. The quantitative estimate of drug-likeness (QED) is 0.0186. The van der Waals surface area contributed by atoms with E-state index in [0.29, 0.717) is 69.1 Å². The maximum atomic E-state index is 14.1. The smallest absolute Gasteiger partial charge is 0.411 e. The van der Waals surface area contributed by atoms with Crippen molar-refractivity contribution < 1.29 is 97.1 Å². The van der Waals surface area contributed by atoms with E-state index < -0.39 is 165 Å². The number of esters is 1. The van der Waals surface area contributed by atoms with Gasteiger partial charge in [-0.15, -0.1) is 0 Å². The van der Waals surface area contributed by atoms with Crippen LogP contribution in [0, 0.1) is 0 Å². The fourth-order valence-corrected chi connectivity index (χ4v) is 13.6. The van der Waals surface area contributed by atoms with Gasteiger partial charge in [0, 0.05) is 65.7 Å². The molecule has 526 valence electrons. The predicted molar refractivity (Wildman–Crippen MR) is 348 cm³/mol. The standard InChI is InChI=1S/C69H74N10O21/c1-3-69(94)42-22-47-58-40(28-79(47)66(91)41(42)30-96-67(69)92)57-43(18-17-39-56(57)44(77-58)23-48-63(39)98-33-97-48)75-55(85)31-95-32-74-53(83)26-72-64(89)45(21-34-11-5-4-6-12-34)76-54(84)27-71-52(82)25-73-65(90)46(19-20-51(81)70-24-49-59(86)61(88)60(87)50(29-80)99-49)78(2)68(93)100-62-37-15-9-7-13-35(37)36-14-8-10-16-38(36)62/h4-16,22-23,43,45-46,49-50,59-62,80,86-88,94H,3,17-21,24-33H2,1-2H3,(H,70,81)(H,71,82)(H,72,89)(H,73,90)(H,74,83)(H,75,85)(H,76,84)/t43-,45-,46-,49-,50+,59-,60+,61+,69-/m0/s1. The molecule has 2 aromatic heterocycles. The summed E-state index contributed by atoms with van der Waals surface area (Å²) >= 11 is 0. The monoisotopic (exact) mass is 1380 g/mol. The molecule has 4 aromatic carbocycles. The summed E-state index contributed by atoms with van der Waals surface area (Å²) < 4.78 is 35.5. The molecule has 1 saturated heterocycles. The van der Waals surface area contributed by atoms with Crippen LogP contribution >= 0.6 is 0 Å². The van der Waals surface area contributed by atoms with Crippen LogP contribution in [0.2, 0.25) is 0 Å². The minimum atomic E-state index is -2.05. The molecule has 100 heavy (non-hydrogen) atoms. The molecule has 0 radical (unpaired) electrons. The number of aryl methyl sites for hydroxylation is 1. The molecule has 1 fully saturated rings. The zero-order valence-electron chi connectivity index (χ0n) is 54.3. The fourth-order valence-electron chi connectivity index (χ4n) is 13.6. The van der Waals surface area contributed by atoms with Gasteiger partial charge in [0.1, 0.15) is 62.5 Å². The molecule has 0 spiro atoms. The second-order valence-electron chi connectivity index (χ2n) is 25.0. The first kappa shape index (κ1) is 69.5. The number of aromatic nitrogens is 2. The number of benzene rings is 4. The van der Waals surface area contributed by atoms with Crippen molar-refractivity contribution in [2.24, 2.45) is 0 Å². The van der Waals surface area contributed by atoms with Crippen LogP contribution < -0.4 is 52.3 Å². The van der Waals surface area contributed by atoms with E-state index in [-0.39, 0.29) is 56.9 Å². The van der Waals surface area contributed by atoms with Crippen molar-refractivity contribution in [2.75, 3.05) is 60.0 Å². The molecular formula is C69H74N10O21. The lowest BCUT2D eigenvalue weighted by atomic mass is 9.82. The molecule has 9 atom stereocenters. The van der Waals surface area contributed by atoms with Gasteiger partial charge in [-0.1, -0.05) is 85.8 Å². The SMILES string of the molecule is CC[C@@]1(O)C(=O)OCc2c1cc1n(c2=O)Cc2c-1nc1cc3c(c4c1c2[C@@H](NC(=O)COCNC(=O)CNC(=O)[C@H](Cc1ccccc1)NC(=O)CNC(=O)CNC(=O)[C@H](CCC(=O)NC[C@@H]1O[C@H](CO)[C@@H](O)[C@H](O)[C@H]1O)N(C)C(=O)OC1c2ccccc2-c2ccccc21)CC4)OCO3. The third kappa shape index (κ3) is 14.0. The Morgan fingerprint density at radius 1 is 0.750 bits per heavy atom. The number of aliphatic hydroxyl groups is 5. The number of fused-ring (bicyclic) bond motifs is 10. The highest BCUT2D eigenvalue weighted by Gasteiger charge is 2.47. The maximum absolute atomic E-state index is 14.1. The lowest BCUT2D eigenvalue weighted by molar-refractivity contribution is -0.227. The number of rotatable bonds is 25. The highest BCUT2D eigenvalue weighted by Crippen LogP contribution is 2.51. The number of hydrogen-bond acceptors (Lipinski definition) is 22. The largest absolute Gasteiger partial charge is 0.458 e. The Kier molecular flexibility index (Phi) is 20.6. The summed E-state index contributed by atoms with van der Waals surface area (Å²) in [6, 6.07) is 23.2. The van der Waals surface area contributed by atoms with Gasteiger partial charge in [-0.2, -0.15) is 0 Å². The van der Waals surface area contributed by atoms with E-state index in [1.54, 1.807) is 73.7 Å². The highest BCUT2D eigenvalue weighted by atomic mass is 16.7. The van der Waals surface area contributed by atoms with Crippen molar-refractivity contribution in [2.45, 2.75) is 119 Å². The zero-order chi connectivity index (χ0) is 70.7. The van der Waals surface area contributed by atoms with Crippen molar-refractivity contribution in [3.8, 4) is 34.0 Å². The molecule has 6 heterocycles. The number of carbonyl (C=O) groups excluding carboxylic acids is 9. The van der Waals surface area contributed by atoms with Gasteiger partial charge in [0.2, 0.25) is 48.1 Å². The Labute approximate surface area is 569 Å². The van der Waals surface area contributed by atoms with Gasteiger partial charge >= 0.3 is 12.1 Å². The number of ether oxygens (including phenoxy) is 6. The van der Waals surface area contributed by atoms with Crippen LogP contribution in [0.4, 0.5) is 4.79 Å². The van der Waals surface area contributed by atoms with Gasteiger partial charge in [0.05, 0.1) is 61.3 Å². The van der Waals surface area contributed by atoms with E-state index in [2.05, 4.69) is 37.2 Å². The molecule has 0 saturated carbocycles.